The van der Waals surface area contributed by atoms with Crippen LogP contribution in [0.2, 0.25) is 10.0 Å². The minimum absolute atomic E-state index is 0.254. The second kappa shape index (κ2) is 10.9. The summed E-state index contributed by atoms with van der Waals surface area (Å²) in [6, 6.07) is 30.0. The molecule has 40 heavy (non-hydrogen) atoms. The molecule has 0 aliphatic rings. The first kappa shape index (κ1) is 25.7. The van der Waals surface area contributed by atoms with E-state index in [1.54, 1.807) is 37.4 Å². The number of rotatable bonds is 7. The van der Waals surface area contributed by atoms with Gasteiger partial charge in [-0.25, -0.2) is 4.98 Å². The Kier molecular flexibility index (Phi) is 7.03. The van der Waals surface area contributed by atoms with Crippen molar-refractivity contribution in [3.63, 3.8) is 0 Å². The summed E-state index contributed by atoms with van der Waals surface area (Å²) >= 11 is 13.3. The van der Waals surface area contributed by atoms with Gasteiger partial charge in [0.2, 0.25) is 0 Å². The second-order valence-corrected chi connectivity index (χ2v) is 10.0. The van der Waals surface area contributed by atoms with Gasteiger partial charge in [-0.2, -0.15) is 0 Å². The lowest BCUT2D eigenvalue weighted by Gasteiger charge is -2.11. The van der Waals surface area contributed by atoms with E-state index in [2.05, 4.69) is 15.3 Å². The molecule has 0 saturated heterocycles. The molecule has 0 radical (unpaired) electrons. The predicted octanol–water partition coefficient (Wildman–Crippen LogP) is 8.53. The second-order valence-electron chi connectivity index (χ2n) is 9.23. The number of fused-ring (bicyclic) bond motifs is 2. The molecule has 0 fully saturated rings. The highest BCUT2D eigenvalue weighted by Gasteiger charge is 2.16. The van der Waals surface area contributed by atoms with E-state index in [0.29, 0.717) is 39.3 Å². The first-order valence-corrected chi connectivity index (χ1v) is 13.3. The molecule has 6 nitrogen and oxygen atoms in total. The van der Waals surface area contributed by atoms with E-state index in [4.69, 9.17) is 32.7 Å². The van der Waals surface area contributed by atoms with E-state index in [0.717, 1.165) is 38.8 Å². The van der Waals surface area contributed by atoms with Gasteiger partial charge in [0.25, 0.3) is 5.91 Å². The van der Waals surface area contributed by atoms with Gasteiger partial charge in [0, 0.05) is 33.1 Å². The number of halogens is 2. The Morgan fingerprint density at radius 3 is 2.38 bits per heavy atom. The third-order valence-electron chi connectivity index (χ3n) is 6.57. The number of hydrogen-bond acceptors (Lipinski definition) is 4. The van der Waals surface area contributed by atoms with Crippen LogP contribution in [0, 0.1) is 0 Å². The number of ether oxygens (including phenoxy) is 2. The van der Waals surface area contributed by atoms with Crippen LogP contribution in [-0.2, 0) is 6.61 Å². The highest BCUT2D eigenvalue weighted by molar-refractivity contribution is 6.39. The van der Waals surface area contributed by atoms with Crippen LogP contribution in [0.25, 0.3) is 33.1 Å². The number of nitrogens with one attached hydrogen (secondary N) is 2. The van der Waals surface area contributed by atoms with Crippen LogP contribution in [0.15, 0.2) is 97.1 Å². The largest absolute Gasteiger partial charge is 0.497 e. The van der Waals surface area contributed by atoms with Crippen LogP contribution < -0.4 is 14.8 Å². The minimum atomic E-state index is -0.254. The van der Waals surface area contributed by atoms with Crippen molar-refractivity contribution in [3.8, 4) is 22.8 Å². The van der Waals surface area contributed by atoms with Crippen molar-refractivity contribution in [1.29, 1.82) is 0 Å². The molecule has 2 aromatic heterocycles. The number of anilines is 1. The fraction of sp³-hybridized carbons (Fsp3) is 0.0625. The lowest BCUT2D eigenvalue weighted by Crippen LogP contribution is -2.12. The summed E-state index contributed by atoms with van der Waals surface area (Å²) in [5.74, 6) is 1.58. The summed E-state index contributed by atoms with van der Waals surface area (Å²) in [5.41, 5.74) is 4.47. The molecule has 0 aliphatic carbocycles. The summed E-state index contributed by atoms with van der Waals surface area (Å²) < 4.78 is 11.1. The third-order valence-corrected chi connectivity index (χ3v) is 7.17. The van der Waals surface area contributed by atoms with Gasteiger partial charge in [-0.05, 0) is 66.2 Å². The molecule has 2 heterocycles. The Labute approximate surface area is 240 Å². The standard InChI is InChI=1S/C32H23Cl2N3O3/c1-39-23-11-6-19(7-12-23)18-40-24-16-25(33)31(26(34)17-24)29-14-21-8-9-22(15-28(21)35-29)32(38)37-30-13-10-20-4-2-3-5-27(20)36-30/h2-17,35H,18H2,1H3,(H,36,37,38). The van der Waals surface area contributed by atoms with Gasteiger partial charge in [0.05, 0.1) is 22.7 Å². The van der Waals surface area contributed by atoms with Gasteiger partial charge in [-0.3, -0.25) is 4.79 Å². The van der Waals surface area contributed by atoms with Crippen molar-refractivity contribution in [2.45, 2.75) is 6.61 Å². The van der Waals surface area contributed by atoms with Crippen molar-refractivity contribution in [3.05, 3.63) is 118 Å². The number of para-hydroxylation sites is 1. The molecular weight excluding hydrogens is 545 g/mol. The van der Waals surface area contributed by atoms with Crippen LogP contribution in [0.4, 0.5) is 5.82 Å². The Hall–Kier alpha value is -4.52. The normalized spacial score (nSPS) is 11.1. The zero-order chi connectivity index (χ0) is 27.6. The number of methoxy groups -OCH3 is 1. The van der Waals surface area contributed by atoms with E-state index in [1.807, 2.05) is 66.7 Å². The molecule has 8 heteroatoms. The molecular formula is C32H23Cl2N3O3. The maximum Gasteiger partial charge on any atom is 0.256 e. The van der Waals surface area contributed by atoms with Crippen molar-refractivity contribution < 1.29 is 14.3 Å². The number of carbonyl (C=O) groups is 1. The summed E-state index contributed by atoms with van der Waals surface area (Å²) in [7, 11) is 1.63. The first-order chi connectivity index (χ1) is 19.5. The average Bonchev–Trinajstić information content (AvgIpc) is 3.38. The molecule has 6 aromatic rings. The lowest BCUT2D eigenvalue weighted by molar-refractivity contribution is 0.102. The molecule has 0 unspecified atom stereocenters. The van der Waals surface area contributed by atoms with Crippen LogP contribution >= 0.6 is 23.2 Å². The summed E-state index contributed by atoms with van der Waals surface area (Å²) in [4.78, 5) is 20.9. The van der Waals surface area contributed by atoms with Crippen LogP contribution in [0.3, 0.4) is 0 Å². The highest BCUT2D eigenvalue weighted by Crippen LogP contribution is 2.39. The molecule has 1 amide bonds. The SMILES string of the molecule is COc1ccc(COc2cc(Cl)c(-c3cc4ccc(C(=O)Nc5ccc6ccccc6n5)cc4[nH]3)c(Cl)c2)cc1. The topological polar surface area (TPSA) is 76.2 Å². The number of amides is 1. The Bertz CT molecular complexity index is 1840. The summed E-state index contributed by atoms with van der Waals surface area (Å²) in [6.45, 7) is 0.363. The van der Waals surface area contributed by atoms with E-state index in [-0.39, 0.29) is 5.91 Å². The van der Waals surface area contributed by atoms with E-state index in [1.165, 1.54) is 0 Å². The Balaban J connectivity index is 1.20. The number of H-pyrrole nitrogens is 1. The maximum atomic E-state index is 13.0. The maximum absolute atomic E-state index is 13.0. The number of nitrogens with zero attached hydrogens (tertiary/aromatic N) is 1. The fourth-order valence-electron chi connectivity index (χ4n) is 4.51. The van der Waals surface area contributed by atoms with Gasteiger partial charge in [-0.1, -0.05) is 59.6 Å². The number of pyridine rings is 1. The number of benzene rings is 4. The summed E-state index contributed by atoms with van der Waals surface area (Å²) in [6.07, 6.45) is 0. The van der Waals surface area contributed by atoms with Crippen molar-refractivity contribution in [1.82, 2.24) is 9.97 Å². The highest BCUT2D eigenvalue weighted by atomic mass is 35.5. The van der Waals surface area contributed by atoms with E-state index >= 15 is 0 Å². The third kappa shape index (κ3) is 5.32. The van der Waals surface area contributed by atoms with Gasteiger partial charge in [-0.15, -0.1) is 0 Å². The monoisotopic (exact) mass is 567 g/mol. The van der Waals surface area contributed by atoms with Gasteiger partial charge >= 0.3 is 0 Å². The quantitative estimate of drug-likeness (QED) is 0.202. The molecule has 2 N–H and O–H groups in total. The van der Waals surface area contributed by atoms with E-state index in [9.17, 15) is 4.79 Å². The number of aromatic nitrogens is 2. The molecule has 6 rings (SSSR count). The lowest BCUT2D eigenvalue weighted by atomic mass is 10.1. The molecule has 0 bridgehead atoms. The molecule has 0 saturated carbocycles. The van der Waals surface area contributed by atoms with Crippen LogP contribution in [0.5, 0.6) is 11.5 Å². The fourth-order valence-corrected chi connectivity index (χ4v) is 5.18. The van der Waals surface area contributed by atoms with Gasteiger partial charge < -0.3 is 19.8 Å². The molecule has 0 atom stereocenters. The average molecular weight is 568 g/mol. The molecule has 198 valence electrons. The Morgan fingerprint density at radius 2 is 1.60 bits per heavy atom. The first-order valence-electron chi connectivity index (χ1n) is 12.5. The van der Waals surface area contributed by atoms with Crippen LogP contribution in [-0.4, -0.2) is 23.0 Å². The van der Waals surface area contributed by atoms with Crippen molar-refractivity contribution in [2.24, 2.45) is 0 Å². The van der Waals surface area contributed by atoms with Gasteiger partial charge in [0.1, 0.15) is 23.9 Å². The van der Waals surface area contributed by atoms with Crippen LogP contribution in [0.1, 0.15) is 15.9 Å². The van der Waals surface area contributed by atoms with E-state index < -0.39 is 0 Å². The zero-order valence-electron chi connectivity index (χ0n) is 21.4. The molecule has 0 spiro atoms. The van der Waals surface area contributed by atoms with Crippen molar-refractivity contribution in [2.75, 3.05) is 12.4 Å². The van der Waals surface area contributed by atoms with Crippen molar-refractivity contribution >= 4 is 56.7 Å². The predicted molar refractivity (Wildman–Crippen MR) is 161 cm³/mol. The summed E-state index contributed by atoms with van der Waals surface area (Å²) in [5, 5.41) is 5.71. The molecule has 0 aliphatic heterocycles. The number of hydrogen-bond donors (Lipinski definition) is 2. The number of carbonyl (C=O) groups excluding carboxylic acids is 1. The smallest absolute Gasteiger partial charge is 0.256 e. The Morgan fingerprint density at radius 1 is 0.850 bits per heavy atom. The van der Waals surface area contributed by atoms with Gasteiger partial charge in [0.15, 0.2) is 0 Å². The number of aromatic amines is 1. The molecule has 4 aromatic carbocycles. The zero-order valence-corrected chi connectivity index (χ0v) is 22.9. The minimum Gasteiger partial charge on any atom is -0.497 e.